The van der Waals surface area contributed by atoms with E-state index < -0.39 is 0 Å². The zero-order valence-electron chi connectivity index (χ0n) is 9.35. The number of likely N-dealkylation sites (tertiary alicyclic amines) is 1. The van der Waals surface area contributed by atoms with E-state index in [0.29, 0.717) is 0 Å². The largest absolute Gasteiger partial charge is 0.493 e. The summed E-state index contributed by atoms with van der Waals surface area (Å²) in [4.78, 5) is 2.31. The number of hydrogen-bond donors (Lipinski definition) is 1. The standard InChI is InChI=1S/C13H17NO2/c15-12-3-5-14(9-12)8-10-1-2-13-11(7-10)4-6-16-13/h1-2,7,12,15H,3-6,8-9H2/t12-/m1/s1. The smallest absolute Gasteiger partial charge is 0.122 e. The Bertz CT molecular complexity index is 392. The van der Waals surface area contributed by atoms with Crippen LogP contribution in [0.3, 0.4) is 0 Å². The van der Waals surface area contributed by atoms with Gasteiger partial charge in [0.1, 0.15) is 5.75 Å². The fourth-order valence-electron chi connectivity index (χ4n) is 2.55. The second-order valence-electron chi connectivity index (χ2n) is 4.72. The molecule has 2 aliphatic heterocycles. The highest BCUT2D eigenvalue weighted by Gasteiger charge is 2.20. The summed E-state index contributed by atoms with van der Waals surface area (Å²) in [5.74, 6) is 1.05. The van der Waals surface area contributed by atoms with Crippen molar-refractivity contribution >= 4 is 0 Å². The Morgan fingerprint density at radius 3 is 3.19 bits per heavy atom. The lowest BCUT2D eigenvalue weighted by atomic mass is 10.1. The van der Waals surface area contributed by atoms with Gasteiger partial charge in [-0.05, 0) is 23.6 Å². The molecule has 0 unspecified atom stereocenters. The van der Waals surface area contributed by atoms with Crippen LogP contribution < -0.4 is 4.74 Å². The Morgan fingerprint density at radius 1 is 1.44 bits per heavy atom. The predicted molar refractivity (Wildman–Crippen MR) is 61.5 cm³/mol. The van der Waals surface area contributed by atoms with E-state index in [2.05, 4.69) is 23.1 Å². The number of ether oxygens (including phenoxy) is 1. The maximum Gasteiger partial charge on any atom is 0.122 e. The number of β-amino-alcohol motifs (C(OH)–C–C–N with tert-alkyl or cyclic N) is 1. The van der Waals surface area contributed by atoms with E-state index >= 15 is 0 Å². The van der Waals surface area contributed by atoms with Gasteiger partial charge in [-0.3, -0.25) is 4.90 Å². The van der Waals surface area contributed by atoms with Crippen molar-refractivity contribution in [2.75, 3.05) is 19.7 Å². The fourth-order valence-corrected chi connectivity index (χ4v) is 2.55. The normalized spacial score (nSPS) is 24.4. The lowest BCUT2D eigenvalue weighted by Gasteiger charge is -2.15. The quantitative estimate of drug-likeness (QED) is 0.811. The number of rotatable bonds is 2. The van der Waals surface area contributed by atoms with Gasteiger partial charge in [-0.2, -0.15) is 0 Å². The molecule has 1 fully saturated rings. The highest BCUT2D eigenvalue weighted by Crippen LogP contribution is 2.26. The number of aliphatic hydroxyl groups excluding tert-OH is 1. The van der Waals surface area contributed by atoms with Gasteiger partial charge in [0, 0.05) is 26.1 Å². The molecule has 0 aliphatic carbocycles. The van der Waals surface area contributed by atoms with E-state index in [1.165, 1.54) is 11.1 Å². The molecule has 3 heteroatoms. The zero-order valence-corrected chi connectivity index (χ0v) is 9.35. The Kier molecular flexibility index (Phi) is 2.58. The molecule has 0 spiro atoms. The highest BCUT2D eigenvalue weighted by molar-refractivity contribution is 5.39. The van der Waals surface area contributed by atoms with E-state index in [1.807, 2.05) is 0 Å². The van der Waals surface area contributed by atoms with Crippen LogP contribution in [-0.2, 0) is 13.0 Å². The average Bonchev–Trinajstić information content (AvgIpc) is 2.87. The molecule has 0 radical (unpaired) electrons. The van der Waals surface area contributed by atoms with Crippen molar-refractivity contribution in [3.05, 3.63) is 29.3 Å². The third-order valence-electron chi connectivity index (χ3n) is 3.41. The first-order chi connectivity index (χ1) is 7.81. The number of hydrogen-bond acceptors (Lipinski definition) is 3. The predicted octanol–water partition coefficient (Wildman–Crippen LogP) is 1.19. The van der Waals surface area contributed by atoms with Gasteiger partial charge in [0.15, 0.2) is 0 Å². The Balaban J connectivity index is 1.71. The van der Waals surface area contributed by atoms with Gasteiger partial charge in [-0.15, -0.1) is 0 Å². The number of aliphatic hydroxyl groups is 1. The van der Waals surface area contributed by atoms with Gasteiger partial charge >= 0.3 is 0 Å². The minimum absolute atomic E-state index is 0.127. The summed E-state index contributed by atoms with van der Waals surface area (Å²) in [5, 5.41) is 9.47. The van der Waals surface area contributed by atoms with Crippen molar-refractivity contribution in [1.82, 2.24) is 4.90 Å². The molecular weight excluding hydrogens is 202 g/mol. The first-order valence-corrected chi connectivity index (χ1v) is 5.96. The molecule has 1 N–H and O–H groups in total. The van der Waals surface area contributed by atoms with Gasteiger partial charge < -0.3 is 9.84 Å². The zero-order chi connectivity index (χ0) is 11.0. The maximum atomic E-state index is 9.47. The highest BCUT2D eigenvalue weighted by atomic mass is 16.5. The number of nitrogens with zero attached hydrogens (tertiary/aromatic N) is 1. The summed E-state index contributed by atoms with van der Waals surface area (Å²) in [7, 11) is 0. The monoisotopic (exact) mass is 219 g/mol. The fraction of sp³-hybridized carbons (Fsp3) is 0.538. The summed E-state index contributed by atoms with van der Waals surface area (Å²) >= 11 is 0. The molecule has 1 atom stereocenters. The van der Waals surface area contributed by atoms with Crippen LogP contribution in [0.1, 0.15) is 17.5 Å². The second kappa shape index (κ2) is 4.07. The van der Waals surface area contributed by atoms with Crippen molar-refractivity contribution < 1.29 is 9.84 Å². The van der Waals surface area contributed by atoms with Crippen molar-refractivity contribution in [1.29, 1.82) is 0 Å². The van der Waals surface area contributed by atoms with Crippen LogP contribution in [0.4, 0.5) is 0 Å². The van der Waals surface area contributed by atoms with Gasteiger partial charge in [0.25, 0.3) is 0 Å². The summed E-state index contributed by atoms with van der Waals surface area (Å²) in [6.07, 6.45) is 1.82. The van der Waals surface area contributed by atoms with Crippen LogP contribution in [0.5, 0.6) is 5.75 Å². The van der Waals surface area contributed by atoms with E-state index in [1.54, 1.807) is 0 Å². The van der Waals surface area contributed by atoms with E-state index in [0.717, 1.165) is 44.8 Å². The van der Waals surface area contributed by atoms with Crippen LogP contribution in [0.25, 0.3) is 0 Å². The Hall–Kier alpha value is -1.06. The summed E-state index contributed by atoms with van der Waals surface area (Å²) in [6, 6.07) is 6.45. The van der Waals surface area contributed by atoms with Gasteiger partial charge in [-0.1, -0.05) is 12.1 Å². The van der Waals surface area contributed by atoms with Crippen LogP contribution in [0.2, 0.25) is 0 Å². The Labute approximate surface area is 95.6 Å². The molecule has 1 saturated heterocycles. The molecule has 0 bridgehead atoms. The van der Waals surface area contributed by atoms with Gasteiger partial charge in [0.05, 0.1) is 12.7 Å². The van der Waals surface area contributed by atoms with Crippen molar-refractivity contribution in [3.8, 4) is 5.75 Å². The Morgan fingerprint density at radius 2 is 2.38 bits per heavy atom. The van der Waals surface area contributed by atoms with E-state index in [9.17, 15) is 5.11 Å². The first kappa shape index (κ1) is 10.1. The molecule has 0 saturated carbocycles. The molecule has 1 aromatic carbocycles. The number of benzene rings is 1. The summed E-state index contributed by atoms with van der Waals surface area (Å²) < 4.78 is 5.49. The molecular formula is C13H17NO2. The van der Waals surface area contributed by atoms with E-state index in [-0.39, 0.29) is 6.10 Å². The van der Waals surface area contributed by atoms with Crippen molar-refractivity contribution in [2.45, 2.75) is 25.5 Å². The average molecular weight is 219 g/mol. The minimum Gasteiger partial charge on any atom is -0.493 e. The first-order valence-electron chi connectivity index (χ1n) is 5.96. The maximum absolute atomic E-state index is 9.47. The van der Waals surface area contributed by atoms with Crippen molar-refractivity contribution in [2.24, 2.45) is 0 Å². The second-order valence-corrected chi connectivity index (χ2v) is 4.72. The van der Waals surface area contributed by atoms with Crippen LogP contribution in [0.15, 0.2) is 18.2 Å². The third kappa shape index (κ3) is 1.93. The molecule has 0 aromatic heterocycles. The molecule has 0 amide bonds. The van der Waals surface area contributed by atoms with Crippen LogP contribution >= 0.6 is 0 Å². The van der Waals surface area contributed by atoms with Crippen molar-refractivity contribution in [3.63, 3.8) is 0 Å². The molecule has 16 heavy (non-hydrogen) atoms. The summed E-state index contributed by atoms with van der Waals surface area (Å²) in [5.41, 5.74) is 2.66. The molecule has 86 valence electrons. The molecule has 3 rings (SSSR count). The minimum atomic E-state index is -0.127. The lowest BCUT2D eigenvalue weighted by molar-refractivity contribution is 0.175. The van der Waals surface area contributed by atoms with Crippen LogP contribution in [0, 0.1) is 0 Å². The van der Waals surface area contributed by atoms with Crippen LogP contribution in [-0.4, -0.2) is 35.8 Å². The topological polar surface area (TPSA) is 32.7 Å². The number of fused-ring (bicyclic) bond motifs is 1. The van der Waals surface area contributed by atoms with Gasteiger partial charge in [-0.25, -0.2) is 0 Å². The molecule has 2 heterocycles. The molecule has 2 aliphatic rings. The van der Waals surface area contributed by atoms with Gasteiger partial charge in [0.2, 0.25) is 0 Å². The molecule has 3 nitrogen and oxygen atoms in total. The third-order valence-corrected chi connectivity index (χ3v) is 3.41. The summed E-state index contributed by atoms with van der Waals surface area (Å²) in [6.45, 7) is 3.59. The molecule has 1 aromatic rings. The lowest BCUT2D eigenvalue weighted by Crippen LogP contribution is -2.21. The SMILES string of the molecule is O[C@@H]1CCN(Cc2ccc3c(c2)CCO3)C1. The van der Waals surface area contributed by atoms with E-state index in [4.69, 9.17) is 4.74 Å².